The van der Waals surface area contributed by atoms with Crippen LogP contribution in [0.25, 0.3) is 5.69 Å². The van der Waals surface area contributed by atoms with E-state index in [-0.39, 0.29) is 17.7 Å². The molecule has 0 unspecified atom stereocenters. The highest BCUT2D eigenvalue weighted by Gasteiger charge is 2.23. The molecule has 0 aliphatic rings. The molecule has 7 nitrogen and oxygen atoms in total. The summed E-state index contributed by atoms with van der Waals surface area (Å²) in [4.78, 5) is 37.7. The van der Waals surface area contributed by atoms with Crippen molar-refractivity contribution in [1.82, 2.24) is 9.36 Å². The zero-order chi connectivity index (χ0) is 22.7. The maximum absolute atomic E-state index is 12.9. The van der Waals surface area contributed by atoms with E-state index >= 15 is 0 Å². The molecule has 162 valence electrons. The number of hydrogen-bond donors (Lipinski definition) is 1. The first-order chi connectivity index (χ1) is 14.7. The molecule has 0 radical (unpaired) electrons. The van der Waals surface area contributed by atoms with Crippen molar-refractivity contribution in [3.63, 3.8) is 0 Å². The molecule has 0 saturated heterocycles. The van der Waals surface area contributed by atoms with Crippen molar-refractivity contribution in [1.29, 1.82) is 0 Å². The molecule has 3 rings (SSSR count). The number of halogens is 2. The number of hydrogen-bond acceptors (Lipinski definition) is 4. The average molecular weight is 462 g/mol. The van der Waals surface area contributed by atoms with Crippen LogP contribution in [0.4, 0.5) is 5.69 Å². The summed E-state index contributed by atoms with van der Waals surface area (Å²) in [6, 6.07) is 13.9. The first-order valence-electron chi connectivity index (χ1n) is 9.47. The van der Waals surface area contributed by atoms with E-state index in [4.69, 9.17) is 27.9 Å². The normalized spacial score (nSPS) is 11.8. The van der Waals surface area contributed by atoms with Crippen molar-refractivity contribution in [3.8, 4) is 5.69 Å². The molecule has 0 bridgehead atoms. The summed E-state index contributed by atoms with van der Waals surface area (Å²) < 4.78 is 8.31. The molecule has 9 heteroatoms. The van der Waals surface area contributed by atoms with Gasteiger partial charge in [0.25, 0.3) is 11.5 Å². The highest BCUT2D eigenvalue weighted by Crippen LogP contribution is 2.23. The number of carbonyl (C=O) groups is 2. The monoisotopic (exact) mass is 461 g/mol. The molecular weight excluding hydrogens is 441 g/mol. The maximum atomic E-state index is 12.9. The van der Waals surface area contributed by atoms with E-state index in [1.54, 1.807) is 49.0 Å². The summed E-state index contributed by atoms with van der Waals surface area (Å²) in [7, 11) is 1.72. The van der Waals surface area contributed by atoms with E-state index < -0.39 is 18.0 Å². The molecule has 0 aliphatic carbocycles. The zero-order valence-electron chi connectivity index (χ0n) is 17.2. The van der Waals surface area contributed by atoms with Gasteiger partial charge in [-0.3, -0.25) is 19.1 Å². The Kier molecular flexibility index (Phi) is 6.87. The highest BCUT2D eigenvalue weighted by atomic mass is 35.5. The minimum atomic E-state index is -1.10. The van der Waals surface area contributed by atoms with E-state index in [9.17, 15) is 14.4 Å². The quantitative estimate of drug-likeness (QED) is 0.564. The Balaban J connectivity index is 1.70. The van der Waals surface area contributed by atoms with Crippen molar-refractivity contribution in [3.05, 3.63) is 80.2 Å². The van der Waals surface area contributed by atoms with E-state index in [1.807, 2.05) is 18.2 Å². The van der Waals surface area contributed by atoms with Gasteiger partial charge in [0.1, 0.15) is 5.69 Å². The first-order valence-corrected chi connectivity index (χ1v) is 10.2. The lowest BCUT2D eigenvalue weighted by Crippen LogP contribution is -2.32. The Labute approximate surface area is 189 Å². The molecule has 31 heavy (non-hydrogen) atoms. The maximum Gasteiger partial charge on any atom is 0.311 e. The summed E-state index contributed by atoms with van der Waals surface area (Å²) in [6.45, 7) is 3.16. The van der Waals surface area contributed by atoms with Crippen molar-refractivity contribution in [2.45, 2.75) is 26.4 Å². The molecule has 1 atom stereocenters. The Morgan fingerprint density at radius 3 is 2.42 bits per heavy atom. The van der Waals surface area contributed by atoms with Gasteiger partial charge in [0.05, 0.1) is 27.8 Å². The number of anilines is 1. The molecule has 2 aromatic carbocycles. The number of amides is 1. The summed E-state index contributed by atoms with van der Waals surface area (Å²) in [5, 5.41) is 3.29. The van der Waals surface area contributed by atoms with Gasteiger partial charge in [0, 0.05) is 7.05 Å². The van der Waals surface area contributed by atoms with Crippen molar-refractivity contribution >= 4 is 40.8 Å². The molecule has 1 N–H and O–H groups in total. The standard InChI is InChI=1S/C22H21Cl2N3O4/c1-13-20(22(30)27(26(13)3)16-7-5-4-6-8-16)25-21(29)14(2)31-19(28)12-15-9-10-17(23)18(24)11-15/h4-11,14H,12H2,1-3H3,(H,25,29)/t14-/m0/s1. The summed E-state index contributed by atoms with van der Waals surface area (Å²) in [5.74, 6) is -1.21. The van der Waals surface area contributed by atoms with Gasteiger partial charge in [-0.05, 0) is 43.7 Å². The van der Waals surface area contributed by atoms with Gasteiger partial charge in [-0.25, -0.2) is 4.68 Å². The summed E-state index contributed by atoms with van der Waals surface area (Å²) in [6.07, 6.45) is -1.17. The highest BCUT2D eigenvalue weighted by molar-refractivity contribution is 6.42. The predicted molar refractivity (Wildman–Crippen MR) is 120 cm³/mol. The molecule has 0 spiro atoms. The number of benzene rings is 2. The molecule has 0 saturated carbocycles. The molecular formula is C22H21Cl2N3O4. The first kappa shape index (κ1) is 22.7. The van der Waals surface area contributed by atoms with Crippen LogP contribution in [0.2, 0.25) is 10.0 Å². The number of nitrogens with one attached hydrogen (secondary N) is 1. The van der Waals surface area contributed by atoms with E-state index in [0.29, 0.717) is 27.0 Å². The van der Waals surface area contributed by atoms with Gasteiger partial charge in [-0.15, -0.1) is 0 Å². The number of ether oxygens (including phenoxy) is 1. The number of rotatable bonds is 6. The fraction of sp³-hybridized carbons (Fsp3) is 0.227. The molecule has 0 aliphatic heterocycles. The SMILES string of the molecule is Cc1c(NC(=O)[C@H](C)OC(=O)Cc2ccc(Cl)c(Cl)c2)c(=O)n(-c2ccccc2)n1C. The second-order valence-corrected chi connectivity index (χ2v) is 7.80. The Morgan fingerprint density at radius 1 is 1.10 bits per heavy atom. The lowest BCUT2D eigenvalue weighted by molar-refractivity contribution is -0.152. The van der Waals surface area contributed by atoms with Crippen LogP contribution in [0.1, 0.15) is 18.2 Å². The van der Waals surface area contributed by atoms with Crippen LogP contribution in [0, 0.1) is 6.92 Å². The van der Waals surface area contributed by atoms with Gasteiger partial charge >= 0.3 is 5.97 Å². The fourth-order valence-corrected chi connectivity index (χ4v) is 3.37. The topological polar surface area (TPSA) is 82.3 Å². The van der Waals surface area contributed by atoms with Gasteiger partial charge < -0.3 is 10.1 Å². The smallest absolute Gasteiger partial charge is 0.311 e. The largest absolute Gasteiger partial charge is 0.452 e. The molecule has 1 heterocycles. The lowest BCUT2D eigenvalue weighted by Gasteiger charge is -2.13. The van der Waals surface area contributed by atoms with Crippen molar-refractivity contribution in [2.24, 2.45) is 7.05 Å². The number of esters is 1. The van der Waals surface area contributed by atoms with Crippen LogP contribution < -0.4 is 10.9 Å². The summed E-state index contributed by atoms with van der Waals surface area (Å²) >= 11 is 11.8. The molecule has 0 fully saturated rings. The fourth-order valence-electron chi connectivity index (χ4n) is 3.05. The minimum Gasteiger partial charge on any atom is -0.452 e. The van der Waals surface area contributed by atoms with E-state index in [2.05, 4.69) is 5.32 Å². The van der Waals surface area contributed by atoms with Crippen LogP contribution in [-0.4, -0.2) is 27.3 Å². The zero-order valence-corrected chi connectivity index (χ0v) is 18.7. The number of carbonyl (C=O) groups excluding carboxylic acids is 2. The Morgan fingerprint density at radius 2 is 1.77 bits per heavy atom. The van der Waals surface area contributed by atoms with Gasteiger partial charge in [-0.2, -0.15) is 0 Å². The van der Waals surface area contributed by atoms with E-state index in [1.165, 1.54) is 11.6 Å². The third-order valence-electron chi connectivity index (χ3n) is 4.81. The predicted octanol–water partition coefficient (Wildman–Crippen LogP) is 3.90. The Hall–Kier alpha value is -3.03. The lowest BCUT2D eigenvalue weighted by atomic mass is 10.1. The van der Waals surface area contributed by atoms with Crippen LogP contribution in [0.15, 0.2) is 53.3 Å². The Bertz CT molecular complexity index is 1190. The number of aromatic nitrogens is 2. The molecule has 1 aromatic heterocycles. The second kappa shape index (κ2) is 9.41. The van der Waals surface area contributed by atoms with E-state index in [0.717, 1.165) is 0 Å². The number of nitrogens with zero attached hydrogens (tertiary/aromatic N) is 2. The molecule has 3 aromatic rings. The third kappa shape index (κ3) is 5.00. The molecule has 1 amide bonds. The van der Waals surface area contributed by atoms with Crippen LogP contribution >= 0.6 is 23.2 Å². The van der Waals surface area contributed by atoms with Gasteiger partial charge in [0.2, 0.25) is 0 Å². The van der Waals surface area contributed by atoms with Gasteiger partial charge in [-0.1, -0.05) is 47.5 Å². The summed E-state index contributed by atoms with van der Waals surface area (Å²) in [5.41, 5.74) is 1.59. The minimum absolute atomic E-state index is 0.0698. The third-order valence-corrected chi connectivity index (χ3v) is 5.55. The van der Waals surface area contributed by atoms with Crippen LogP contribution in [0.3, 0.4) is 0 Å². The number of para-hydroxylation sites is 1. The van der Waals surface area contributed by atoms with Crippen molar-refractivity contribution < 1.29 is 14.3 Å². The average Bonchev–Trinajstić information content (AvgIpc) is 2.94. The van der Waals surface area contributed by atoms with Crippen molar-refractivity contribution in [2.75, 3.05) is 5.32 Å². The van der Waals surface area contributed by atoms with Crippen LogP contribution in [-0.2, 0) is 27.8 Å². The second-order valence-electron chi connectivity index (χ2n) is 6.98. The van der Waals surface area contributed by atoms with Crippen LogP contribution in [0.5, 0.6) is 0 Å². The van der Waals surface area contributed by atoms with Gasteiger partial charge in [0.15, 0.2) is 6.10 Å².